The molecule has 1 heterocycles. The quantitative estimate of drug-likeness (QED) is 0.695. The first-order valence-electron chi connectivity index (χ1n) is 9.73. The van der Waals surface area contributed by atoms with E-state index in [0.29, 0.717) is 23.2 Å². The number of halogens is 1. The fraction of sp³-hybridized carbons (Fsp3) is 0.455. The molecule has 1 fully saturated rings. The predicted molar refractivity (Wildman–Crippen MR) is 110 cm³/mol. The number of aromatic nitrogens is 1. The van der Waals surface area contributed by atoms with Crippen LogP contribution in [-0.2, 0) is 10.2 Å². The zero-order valence-corrected chi connectivity index (χ0v) is 16.8. The second-order valence-electron chi connectivity index (χ2n) is 7.27. The highest BCUT2D eigenvalue weighted by atomic mass is 35.5. The summed E-state index contributed by atoms with van der Waals surface area (Å²) in [5.74, 6) is 0.618. The number of carbonyl (C=O) groups is 1. The first-order chi connectivity index (χ1) is 13.1. The fourth-order valence-corrected chi connectivity index (χ4v) is 4.17. The average molecular weight is 387 g/mol. The molecule has 1 aliphatic rings. The summed E-state index contributed by atoms with van der Waals surface area (Å²) in [6.45, 7) is 4.63. The highest BCUT2D eigenvalue weighted by molar-refractivity contribution is 6.31. The van der Waals surface area contributed by atoms with Crippen molar-refractivity contribution in [3.8, 4) is 5.88 Å². The van der Waals surface area contributed by atoms with Crippen LogP contribution in [0.25, 0.3) is 0 Å². The first-order valence-corrected chi connectivity index (χ1v) is 10.1. The Kier molecular flexibility index (Phi) is 6.38. The van der Waals surface area contributed by atoms with Crippen LogP contribution >= 0.6 is 11.6 Å². The molecular weight excluding hydrogens is 360 g/mol. The van der Waals surface area contributed by atoms with E-state index in [1.165, 1.54) is 0 Å². The molecule has 4 nitrogen and oxygen atoms in total. The third-order valence-corrected chi connectivity index (χ3v) is 5.59. The number of pyridine rings is 1. The molecule has 3 rings (SSSR count). The van der Waals surface area contributed by atoms with E-state index in [2.05, 4.69) is 17.2 Å². The van der Waals surface area contributed by atoms with E-state index in [-0.39, 0.29) is 5.91 Å². The highest BCUT2D eigenvalue weighted by Gasteiger charge is 2.42. The fourth-order valence-electron chi connectivity index (χ4n) is 3.85. The van der Waals surface area contributed by atoms with E-state index in [9.17, 15) is 4.79 Å². The van der Waals surface area contributed by atoms with E-state index in [1.807, 2.05) is 37.3 Å². The summed E-state index contributed by atoms with van der Waals surface area (Å²) < 4.78 is 5.63. The van der Waals surface area contributed by atoms with Gasteiger partial charge in [-0.05, 0) is 43.9 Å². The lowest BCUT2D eigenvalue weighted by molar-refractivity contribution is -0.122. The Morgan fingerprint density at radius 2 is 2.00 bits per heavy atom. The Morgan fingerprint density at radius 3 is 2.67 bits per heavy atom. The minimum atomic E-state index is -0.581. The molecule has 1 saturated carbocycles. The van der Waals surface area contributed by atoms with Crippen molar-refractivity contribution >= 4 is 23.2 Å². The molecule has 0 atom stereocenters. The standard InChI is InChI=1S/C22H27ClN2O2/c1-3-13-27-20-16(2)14-17(15-24-20)25-21(26)22(11-7-4-8-12-22)18-9-5-6-10-19(18)23/h5-6,9-10,14-15H,3-4,7-8,11-13H2,1-2H3,(H,25,26). The van der Waals surface area contributed by atoms with Crippen LogP contribution in [0.15, 0.2) is 36.5 Å². The maximum Gasteiger partial charge on any atom is 0.235 e. The van der Waals surface area contributed by atoms with Gasteiger partial charge in [0.15, 0.2) is 0 Å². The summed E-state index contributed by atoms with van der Waals surface area (Å²) in [5.41, 5.74) is 1.95. The monoisotopic (exact) mass is 386 g/mol. The summed E-state index contributed by atoms with van der Waals surface area (Å²) >= 11 is 6.48. The minimum absolute atomic E-state index is 0.00118. The molecular formula is C22H27ClN2O2. The van der Waals surface area contributed by atoms with Crippen LogP contribution in [0.1, 0.15) is 56.6 Å². The number of aryl methyl sites for hydroxylation is 1. The molecule has 0 radical (unpaired) electrons. The molecule has 2 aromatic rings. The molecule has 1 N–H and O–H groups in total. The van der Waals surface area contributed by atoms with Crippen LogP contribution in [0.2, 0.25) is 5.02 Å². The zero-order valence-electron chi connectivity index (χ0n) is 16.1. The van der Waals surface area contributed by atoms with Crippen LogP contribution < -0.4 is 10.1 Å². The molecule has 144 valence electrons. The van der Waals surface area contributed by atoms with Crippen molar-refractivity contribution in [3.05, 3.63) is 52.7 Å². The summed E-state index contributed by atoms with van der Waals surface area (Å²) in [6, 6.07) is 9.63. The van der Waals surface area contributed by atoms with Crippen molar-refractivity contribution in [1.82, 2.24) is 4.98 Å². The summed E-state index contributed by atoms with van der Waals surface area (Å²) in [5, 5.41) is 3.75. The van der Waals surface area contributed by atoms with Crippen LogP contribution in [0, 0.1) is 6.92 Å². The van der Waals surface area contributed by atoms with Crippen molar-refractivity contribution < 1.29 is 9.53 Å². The molecule has 1 aromatic heterocycles. The molecule has 0 spiro atoms. The number of ether oxygens (including phenoxy) is 1. The van der Waals surface area contributed by atoms with Crippen LogP contribution in [0.4, 0.5) is 5.69 Å². The molecule has 1 amide bonds. The van der Waals surface area contributed by atoms with Crippen molar-refractivity contribution in [1.29, 1.82) is 0 Å². The topological polar surface area (TPSA) is 51.2 Å². The van der Waals surface area contributed by atoms with Gasteiger partial charge in [-0.1, -0.05) is 56.0 Å². The van der Waals surface area contributed by atoms with E-state index in [1.54, 1.807) is 6.20 Å². The molecule has 5 heteroatoms. The Hall–Kier alpha value is -2.07. The minimum Gasteiger partial charge on any atom is -0.477 e. The molecule has 0 bridgehead atoms. The van der Waals surface area contributed by atoms with Crippen molar-refractivity contribution in [2.75, 3.05) is 11.9 Å². The lowest BCUT2D eigenvalue weighted by Crippen LogP contribution is -2.42. The summed E-state index contributed by atoms with van der Waals surface area (Å²) in [6.07, 6.45) is 7.43. The van der Waals surface area contributed by atoms with Gasteiger partial charge in [0.05, 0.1) is 23.9 Å². The molecule has 0 unspecified atom stereocenters. The van der Waals surface area contributed by atoms with Crippen LogP contribution in [-0.4, -0.2) is 17.5 Å². The number of benzene rings is 1. The Morgan fingerprint density at radius 1 is 1.26 bits per heavy atom. The zero-order chi connectivity index (χ0) is 19.3. The maximum atomic E-state index is 13.4. The van der Waals surface area contributed by atoms with Crippen LogP contribution in [0.5, 0.6) is 5.88 Å². The number of carbonyl (C=O) groups excluding carboxylic acids is 1. The number of amides is 1. The van der Waals surface area contributed by atoms with Gasteiger partial charge in [-0.2, -0.15) is 0 Å². The summed E-state index contributed by atoms with van der Waals surface area (Å²) in [4.78, 5) is 17.7. The van der Waals surface area contributed by atoms with Crippen molar-refractivity contribution in [3.63, 3.8) is 0 Å². The van der Waals surface area contributed by atoms with E-state index < -0.39 is 5.41 Å². The van der Waals surface area contributed by atoms with E-state index in [0.717, 1.165) is 49.7 Å². The summed E-state index contributed by atoms with van der Waals surface area (Å²) in [7, 11) is 0. The van der Waals surface area contributed by atoms with Gasteiger partial charge in [-0.15, -0.1) is 0 Å². The van der Waals surface area contributed by atoms with Crippen molar-refractivity contribution in [2.45, 2.75) is 57.8 Å². The third kappa shape index (κ3) is 4.27. The predicted octanol–water partition coefficient (Wildman–Crippen LogP) is 5.67. The molecule has 1 aliphatic carbocycles. The second kappa shape index (κ2) is 8.75. The van der Waals surface area contributed by atoms with Crippen LogP contribution in [0.3, 0.4) is 0 Å². The first kappa shape index (κ1) is 19.7. The van der Waals surface area contributed by atoms with Gasteiger partial charge in [0.1, 0.15) is 0 Å². The van der Waals surface area contributed by atoms with Gasteiger partial charge in [0.25, 0.3) is 0 Å². The average Bonchev–Trinajstić information content (AvgIpc) is 2.68. The number of hydrogen-bond acceptors (Lipinski definition) is 3. The molecule has 27 heavy (non-hydrogen) atoms. The number of nitrogens with zero attached hydrogens (tertiary/aromatic N) is 1. The maximum absolute atomic E-state index is 13.4. The van der Waals surface area contributed by atoms with Crippen molar-refractivity contribution in [2.24, 2.45) is 0 Å². The van der Waals surface area contributed by atoms with Gasteiger partial charge in [-0.3, -0.25) is 4.79 Å². The number of anilines is 1. The lowest BCUT2D eigenvalue weighted by Gasteiger charge is -2.37. The second-order valence-corrected chi connectivity index (χ2v) is 7.68. The highest BCUT2D eigenvalue weighted by Crippen LogP contribution is 2.43. The van der Waals surface area contributed by atoms with E-state index >= 15 is 0 Å². The van der Waals surface area contributed by atoms with Gasteiger partial charge in [0, 0.05) is 10.6 Å². The third-order valence-electron chi connectivity index (χ3n) is 5.26. The molecule has 0 saturated heterocycles. The van der Waals surface area contributed by atoms with Gasteiger partial charge < -0.3 is 10.1 Å². The number of hydrogen-bond donors (Lipinski definition) is 1. The Labute approximate surface area is 166 Å². The normalized spacial score (nSPS) is 16.0. The smallest absolute Gasteiger partial charge is 0.235 e. The number of nitrogens with one attached hydrogen (secondary N) is 1. The SMILES string of the molecule is CCCOc1ncc(NC(=O)C2(c3ccccc3Cl)CCCCC2)cc1C. The van der Waals surface area contributed by atoms with Gasteiger partial charge in [0.2, 0.25) is 11.8 Å². The van der Waals surface area contributed by atoms with Gasteiger partial charge >= 0.3 is 0 Å². The largest absolute Gasteiger partial charge is 0.477 e. The Balaban J connectivity index is 1.86. The van der Waals surface area contributed by atoms with E-state index in [4.69, 9.17) is 16.3 Å². The Bertz CT molecular complexity index is 801. The molecule has 0 aliphatic heterocycles. The number of rotatable bonds is 6. The van der Waals surface area contributed by atoms with Gasteiger partial charge in [-0.25, -0.2) is 4.98 Å². The lowest BCUT2D eigenvalue weighted by atomic mass is 9.68. The molecule has 1 aromatic carbocycles.